The summed E-state index contributed by atoms with van der Waals surface area (Å²) in [5.41, 5.74) is 3.13. The molecule has 6 nitrogen and oxygen atoms in total. The van der Waals surface area contributed by atoms with Crippen LogP contribution in [0.2, 0.25) is 0 Å². The molecule has 1 saturated heterocycles. The van der Waals surface area contributed by atoms with Crippen LogP contribution in [0.25, 0.3) is 0 Å². The number of nitrogens with zero attached hydrogens (tertiary/aromatic N) is 4. The van der Waals surface area contributed by atoms with Gasteiger partial charge in [0.25, 0.3) is 0 Å². The molecule has 1 atom stereocenters. The van der Waals surface area contributed by atoms with Crippen LogP contribution in [0.5, 0.6) is 0 Å². The van der Waals surface area contributed by atoms with E-state index in [0.717, 1.165) is 48.7 Å². The number of anilines is 1. The van der Waals surface area contributed by atoms with Crippen molar-refractivity contribution in [2.45, 2.75) is 52.4 Å². The number of hydrogen-bond acceptors (Lipinski definition) is 4. The van der Waals surface area contributed by atoms with Crippen molar-refractivity contribution in [1.29, 1.82) is 0 Å². The van der Waals surface area contributed by atoms with Crippen LogP contribution < -0.4 is 4.90 Å². The minimum atomic E-state index is 0.00385. The molecule has 2 aromatic rings. The molecule has 1 aromatic heterocycles. The molecule has 4 rings (SSSR count). The highest BCUT2D eigenvalue weighted by atomic mass is 16.2. The van der Waals surface area contributed by atoms with Crippen LogP contribution >= 0.6 is 0 Å². The van der Waals surface area contributed by atoms with Crippen LogP contribution in [0.1, 0.15) is 55.3 Å². The van der Waals surface area contributed by atoms with Crippen LogP contribution in [0.15, 0.2) is 30.3 Å². The first kappa shape index (κ1) is 20.5. The molecule has 158 valence electrons. The van der Waals surface area contributed by atoms with Gasteiger partial charge < -0.3 is 4.90 Å². The fourth-order valence-corrected chi connectivity index (χ4v) is 4.43. The van der Waals surface area contributed by atoms with Crippen molar-refractivity contribution in [3.05, 3.63) is 53.0 Å². The van der Waals surface area contributed by atoms with Gasteiger partial charge in [0.2, 0.25) is 11.8 Å². The van der Waals surface area contributed by atoms with Crippen molar-refractivity contribution in [2.75, 3.05) is 24.5 Å². The van der Waals surface area contributed by atoms with Crippen molar-refractivity contribution in [2.24, 2.45) is 5.92 Å². The molecule has 0 bridgehead atoms. The summed E-state index contributed by atoms with van der Waals surface area (Å²) in [4.78, 5) is 38.4. The van der Waals surface area contributed by atoms with E-state index in [1.54, 1.807) is 0 Å². The van der Waals surface area contributed by atoms with Gasteiger partial charge in [-0.1, -0.05) is 44.2 Å². The van der Waals surface area contributed by atoms with E-state index in [-0.39, 0.29) is 23.7 Å². The lowest BCUT2D eigenvalue weighted by molar-refractivity contribution is -0.133. The van der Waals surface area contributed by atoms with E-state index in [0.29, 0.717) is 19.5 Å². The largest absolute Gasteiger partial charge is 0.342 e. The first-order chi connectivity index (χ1) is 14.4. The third-order valence-corrected chi connectivity index (χ3v) is 6.14. The van der Waals surface area contributed by atoms with E-state index in [2.05, 4.69) is 12.1 Å². The normalized spacial score (nSPS) is 18.4. The SMILES string of the molecule is Cc1nc(C2CCN(C(=O)C(C)C)C2)nc2c1CC(=O)N2CCCc1ccccc1. The predicted octanol–water partition coefficient (Wildman–Crippen LogP) is 3.28. The average molecular weight is 407 g/mol. The zero-order valence-electron chi connectivity index (χ0n) is 18.1. The quantitative estimate of drug-likeness (QED) is 0.738. The zero-order chi connectivity index (χ0) is 21.3. The Labute approximate surface area is 178 Å². The molecular weight excluding hydrogens is 376 g/mol. The summed E-state index contributed by atoms with van der Waals surface area (Å²) in [6.07, 6.45) is 3.09. The average Bonchev–Trinajstić information content (AvgIpc) is 3.34. The number of aryl methyl sites for hydroxylation is 2. The van der Waals surface area contributed by atoms with Gasteiger partial charge in [0.15, 0.2) is 0 Å². The van der Waals surface area contributed by atoms with E-state index in [9.17, 15) is 9.59 Å². The van der Waals surface area contributed by atoms with Crippen molar-refractivity contribution in [3.63, 3.8) is 0 Å². The van der Waals surface area contributed by atoms with Gasteiger partial charge in [-0.05, 0) is 31.7 Å². The molecule has 0 spiro atoms. The van der Waals surface area contributed by atoms with Gasteiger partial charge >= 0.3 is 0 Å². The summed E-state index contributed by atoms with van der Waals surface area (Å²) in [6, 6.07) is 10.3. The predicted molar refractivity (Wildman–Crippen MR) is 116 cm³/mol. The third-order valence-electron chi connectivity index (χ3n) is 6.14. The lowest BCUT2D eigenvalue weighted by Gasteiger charge is -2.20. The third kappa shape index (κ3) is 4.09. The number of amides is 2. The van der Waals surface area contributed by atoms with E-state index >= 15 is 0 Å². The summed E-state index contributed by atoms with van der Waals surface area (Å²) in [7, 11) is 0. The number of benzene rings is 1. The molecule has 2 amide bonds. The molecule has 6 heteroatoms. The van der Waals surface area contributed by atoms with Crippen molar-refractivity contribution in [3.8, 4) is 0 Å². The second kappa shape index (κ2) is 8.54. The summed E-state index contributed by atoms with van der Waals surface area (Å²) >= 11 is 0. The van der Waals surface area contributed by atoms with Gasteiger partial charge in [0.1, 0.15) is 11.6 Å². The van der Waals surface area contributed by atoms with Crippen LogP contribution in [0.3, 0.4) is 0 Å². The van der Waals surface area contributed by atoms with Gasteiger partial charge in [-0.25, -0.2) is 9.97 Å². The second-order valence-electron chi connectivity index (χ2n) is 8.71. The van der Waals surface area contributed by atoms with Crippen LogP contribution in [-0.4, -0.2) is 46.3 Å². The Morgan fingerprint density at radius 3 is 2.70 bits per heavy atom. The first-order valence-electron chi connectivity index (χ1n) is 10.9. The topological polar surface area (TPSA) is 66.4 Å². The Morgan fingerprint density at radius 1 is 1.20 bits per heavy atom. The molecule has 1 unspecified atom stereocenters. The lowest BCUT2D eigenvalue weighted by atomic mass is 10.1. The molecule has 1 aromatic carbocycles. The Balaban J connectivity index is 1.48. The molecule has 2 aliphatic rings. The Hall–Kier alpha value is -2.76. The van der Waals surface area contributed by atoms with Gasteiger partial charge in [0, 0.05) is 42.7 Å². The Morgan fingerprint density at radius 2 is 1.97 bits per heavy atom. The van der Waals surface area contributed by atoms with Crippen LogP contribution in [0.4, 0.5) is 5.82 Å². The molecule has 0 saturated carbocycles. The molecule has 0 N–H and O–H groups in total. The van der Waals surface area contributed by atoms with Crippen molar-refractivity contribution in [1.82, 2.24) is 14.9 Å². The van der Waals surface area contributed by atoms with E-state index in [1.165, 1.54) is 5.56 Å². The number of carbonyl (C=O) groups excluding carboxylic acids is 2. The molecule has 0 radical (unpaired) electrons. The minimum Gasteiger partial charge on any atom is -0.342 e. The standard InChI is InChI=1S/C24H30N4O2/c1-16(2)24(30)27-13-11-19(15-27)22-25-17(3)20-14-21(29)28(23(20)26-22)12-7-10-18-8-5-4-6-9-18/h4-6,8-9,16,19H,7,10-15H2,1-3H3. The Kier molecular flexibility index (Phi) is 5.84. The van der Waals surface area contributed by atoms with Gasteiger partial charge in [0.05, 0.1) is 6.42 Å². The number of carbonyl (C=O) groups is 2. The number of rotatable bonds is 6. The van der Waals surface area contributed by atoms with Gasteiger partial charge in [-0.2, -0.15) is 0 Å². The maximum atomic E-state index is 12.7. The molecule has 3 heterocycles. The smallest absolute Gasteiger partial charge is 0.232 e. The number of aromatic nitrogens is 2. The first-order valence-corrected chi connectivity index (χ1v) is 10.9. The van der Waals surface area contributed by atoms with Crippen molar-refractivity contribution < 1.29 is 9.59 Å². The zero-order valence-corrected chi connectivity index (χ0v) is 18.1. The molecular formula is C24H30N4O2. The van der Waals surface area contributed by atoms with Gasteiger partial charge in [-0.3, -0.25) is 14.5 Å². The summed E-state index contributed by atoms with van der Waals surface area (Å²) < 4.78 is 0. The number of hydrogen-bond donors (Lipinski definition) is 0. The molecule has 30 heavy (non-hydrogen) atoms. The summed E-state index contributed by atoms with van der Waals surface area (Å²) in [5, 5.41) is 0. The maximum absolute atomic E-state index is 12.7. The highest BCUT2D eigenvalue weighted by molar-refractivity contribution is 6.00. The van der Waals surface area contributed by atoms with Crippen LogP contribution in [-0.2, 0) is 22.4 Å². The lowest BCUT2D eigenvalue weighted by Crippen LogP contribution is -2.32. The minimum absolute atomic E-state index is 0.00385. The fraction of sp³-hybridized carbons (Fsp3) is 0.500. The maximum Gasteiger partial charge on any atom is 0.232 e. The van der Waals surface area contributed by atoms with E-state index in [1.807, 2.05) is 48.8 Å². The van der Waals surface area contributed by atoms with E-state index in [4.69, 9.17) is 9.97 Å². The molecule has 2 aliphatic heterocycles. The Bertz CT molecular complexity index is 942. The highest BCUT2D eigenvalue weighted by Gasteiger charge is 2.34. The number of fused-ring (bicyclic) bond motifs is 1. The number of likely N-dealkylation sites (tertiary alicyclic amines) is 1. The second-order valence-corrected chi connectivity index (χ2v) is 8.71. The van der Waals surface area contributed by atoms with E-state index < -0.39 is 0 Å². The van der Waals surface area contributed by atoms with Crippen molar-refractivity contribution >= 4 is 17.6 Å². The summed E-state index contributed by atoms with van der Waals surface area (Å²) in [5.74, 6) is 1.99. The summed E-state index contributed by atoms with van der Waals surface area (Å²) in [6.45, 7) is 7.92. The highest BCUT2D eigenvalue weighted by Crippen LogP contribution is 2.33. The molecule has 1 fully saturated rings. The molecule has 0 aliphatic carbocycles. The monoisotopic (exact) mass is 406 g/mol. The van der Waals surface area contributed by atoms with Crippen LogP contribution in [0, 0.1) is 12.8 Å². The van der Waals surface area contributed by atoms with Gasteiger partial charge in [-0.15, -0.1) is 0 Å². The fourth-order valence-electron chi connectivity index (χ4n) is 4.43.